The lowest BCUT2D eigenvalue weighted by molar-refractivity contribution is 0.660. The van der Waals surface area contributed by atoms with Crippen molar-refractivity contribution in [2.75, 3.05) is 5.32 Å². The molecular weight excluding hydrogens is 569 g/mol. The Morgan fingerprint density at radius 1 is 0.447 bits per heavy atom. The number of hydrogen-bond donors (Lipinski definition) is 1. The molecule has 47 heavy (non-hydrogen) atoms. The summed E-state index contributed by atoms with van der Waals surface area (Å²) in [6.07, 6.45) is 0. The summed E-state index contributed by atoms with van der Waals surface area (Å²) in [6, 6.07) is 59.4. The van der Waals surface area contributed by atoms with E-state index in [2.05, 4.69) is 188 Å². The van der Waals surface area contributed by atoms with E-state index in [1.807, 2.05) is 0 Å². The van der Waals surface area contributed by atoms with Gasteiger partial charge in [0.1, 0.15) is 0 Å². The molecule has 0 unspecified atom stereocenters. The molecule has 1 aromatic heterocycles. The van der Waals surface area contributed by atoms with Crippen molar-refractivity contribution < 1.29 is 0 Å². The molecule has 0 saturated heterocycles. The first kappa shape index (κ1) is 27.5. The van der Waals surface area contributed by atoms with Gasteiger partial charge in [-0.3, -0.25) is 0 Å². The molecule has 0 aliphatic heterocycles. The van der Waals surface area contributed by atoms with Gasteiger partial charge in [-0.1, -0.05) is 135 Å². The number of nitrogens with zero attached hydrogens (tertiary/aromatic N) is 1. The van der Waals surface area contributed by atoms with Crippen LogP contribution in [-0.2, 0) is 5.41 Å². The summed E-state index contributed by atoms with van der Waals surface area (Å²) in [6.45, 7) is 4.67. The molecule has 2 nitrogen and oxygen atoms in total. The van der Waals surface area contributed by atoms with Crippen LogP contribution in [0.2, 0.25) is 0 Å². The number of benzene rings is 7. The predicted molar refractivity (Wildman–Crippen MR) is 199 cm³/mol. The molecule has 224 valence electrons. The molecule has 7 aromatic carbocycles. The minimum atomic E-state index is -0.0532. The largest absolute Gasteiger partial charge is 0.355 e. The second kappa shape index (κ2) is 10.6. The van der Waals surface area contributed by atoms with Gasteiger partial charge in [0.25, 0.3) is 0 Å². The zero-order valence-electron chi connectivity index (χ0n) is 26.5. The van der Waals surface area contributed by atoms with Gasteiger partial charge in [0.15, 0.2) is 0 Å². The summed E-state index contributed by atoms with van der Waals surface area (Å²) in [5, 5.41) is 6.31. The number of nitrogens with one attached hydrogen (secondary N) is 1. The Bertz CT molecular complexity index is 2430. The highest BCUT2D eigenvalue weighted by atomic mass is 15.0. The first-order valence-electron chi connectivity index (χ1n) is 16.4. The fourth-order valence-corrected chi connectivity index (χ4v) is 7.66. The standard InChI is InChI=1S/C45H34N2/c1-45(2)41-19-11-9-17-36(41)37-26-25-33(29-42(37)45)46-34-27-39(32-23-21-31(22-24-32)30-13-5-3-6-14-30)44-40(28-34)38-18-10-12-20-43(38)47(44)35-15-7-4-8-16-35/h3-29,46H,1-2H3. The molecule has 0 amide bonds. The maximum atomic E-state index is 3.84. The maximum absolute atomic E-state index is 3.84. The molecule has 0 fully saturated rings. The van der Waals surface area contributed by atoms with Gasteiger partial charge in [0.2, 0.25) is 0 Å². The molecule has 1 heterocycles. The van der Waals surface area contributed by atoms with E-state index in [0.717, 1.165) is 17.1 Å². The summed E-state index contributed by atoms with van der Waals surface area (Å²) in [7, 11) is 0. The Labute approximate surface area is 275 Å². The average molecular weight is 603 g/mol. The van der Waals surface area contributed by atoms with Crippen molar-refractivity contribution in [3.63, 3.8) is 0 Å². The fourth-order valence-electron chi connectivity index (χ4n) is 7.66. The Morgan fingerprint density at radius 2 is 1.09 bits per heavy atom. The van der Waals surface area contributed by atoms with Crippen LogP contribution in [0.15, 0.2) is 164 Å². The summed E-state index contributed by atoms with van der Waals surface area (Å²) < 4.78 is 2.42. The highest BCUT2D eigenvalue weighted by molar-refractivity contribution is 6.15. The van der Waals surface area contributed by atoms with Gasteiger partial charge in [0.05, 0.1) is 11.0 Å². The van der Waals surface area contributed by atoms with E-state index >= 15 is 0 Å². The third kappa shape index (κ3) is 4.40. The molecule has 0 atom stereocenters. The number of fused-ring (bicyclic) bond motifs is 6. The molecular formula is C45H34N2. The van der Waals surface area contributed by atoms with Crippen LogP contribution >= 0.6 is 0 Å². The van der Waals surface area contributed by atoms with Crippen molar-refractivity contribution in [1.82, 2.24) is 4.57 Å². The van der Waals surface area contributed by atoms with E-state index < -0.39 is 0 Å². The van der Waals surface area contributed by atoms with Gasteiger partial charge < -0.3 is 9.88 Å². The van der Waals surface area contributed by atoms with E-state index in [4.69, 9.17) is 0 Å². The van der Waals surface area contributed by atoms with Crippen molar-refractivity contribution >= 4 is 33.2 Å². The molecule has 9 rings (SSSR count). The van der Waals surface area contributed by atoms with Crippen molar-refractivity contribution in [1.29, 1.82) is 0 Å². The summed E-state index contributed by atoms with van der Waals surface area (Å²) in [5.74, 6) is 0. The number of rotatable bonds is 5. The second-order valence-electron chi connectivity index (χ2n) is 13.1. The minimum absolute atomic E-state index is 0.0532. The molecule has 1 N–H and O–H groups in total. The first-order valence-corrected chi connectivity index (χ1v) is 16.4. The highest BCUT2D eigenvalue weighted by Crippen LogP contribution is 2.49. The third-order valence-electron chi connectivity index (χ3n) is 9.96. The maximum Gasteiger partial charge on any atom is 0.0620 e. The molecule has 8 aromatic rings. The lowest BCUT2D eigenvalue weighted by atomic mass is 9.82. The van der Waals surface area contributed by atoms with Crippen LogP contribution in [0, 0.1) is 0 Å². The quantitative estimate of drug-likeness (QED) is 0.207. The van der Waals surface area contributed by atoms with Crippen LogP contribution in [0.4, 0.5) is 11.4 Å². The Morgan fingerprint density at radius 3 is 1.89 bits per heavy atom. The van der Waals surface area contributed by atoms with Gasteiger partial charge in [-0.2, -0.15) is 0 Å². The molecule has 1 aliphatic rings. The number of hydrogen-bond acceptors (Lipinski definition) is 1. The van der Waals surface area contributed by atoms with E-state index in [9.17, 15) is 0 Å². The normalized spacial score (nSPS) is 13.1. The zero-order valence-corrected chi connectivity index (χ0v) is 26.5. The average Bonchev–Trinajstić information content (AvgIpc) is 3.57. The van der Waals surface area contributed by atoms with Crippen LogP contribution in [0.25, 0.3) is 60.9 Å². The third-order valence-corrected chi connectivity index (χ3v) is 9.96. The molecule has 1 aliphatic carbocycles. The van der Waals surface area contributed by atoms with Crippen LogP contribution in [0.5, 0.6) is 0 Å². The molecule has 2 heteroatoms. The van der Waals surface area contributed by atoms with Crippen molar-refractivity contribution in [3.8, 4) is 39.1 Å². The van der Waals surface area contributed by atoms with E-state index in [-0.39, 0.29) is 5.41 Å². The lowest BCUT2D eigenvalue weighted by Crippen LogP contribution is -2.15. The monoisotopic (exact) mass is 602 g/mol. The Hall–Kier alpha value is -5.86. The van der Waals surface area contributed by atoms with E-state index in [1.165, 1.54) is 66.3 Å². The SMILES string of the molecule is CC1(C)c2ccccc2-c2ccc(Nc3cc(-c4ccc(-c5ccccc5)cc4)c4c(c3)c3ccccc3n4-c3ccccc3)cc21. The van der Waals surface area contributed by atoms with Crippen molar-refractivity contribution in [2.45, 2.75) is 19.3 Å². The topological polar surface area (TPSA) is 17.0 Å². The predicted octanol–water partition coefficient (Wildman–Crippen LogP) is 12.2. The van der Waals surface area contributed by atoms with Crippen molar-refractivity contribution in [2.24, 2.45) is 0 Å². The Balaban J connectivity index is 1.24. The van der Waals surface area contributed by atoms with Crippen LogP contribution < -0.4 is 5.32 Å². The molecule has 0 bridgehead atoms. The summed E-state index contributed by atoms with van der Waals surface area (Å²) >= 11 is 0. The van der Waals surface area contributed by atoms with Crippen LogP contribution in [0.3, 0.4) is 0 Å². The smallest absolute Gasteiger partial charge is 0.0620 e. The number of anilines is 2. The first-order chi connectivity index (χ1) is 23.1. The van der Waals surface area contributed by atoms with Gasteiger partial charge >= 0.3 is 0 Å². The lowest BCUT2D eigenvalue weighted by Gasteiger charge is -2.22. The fraction of sp³-hybridized carbons (Fsp3) is 0.0667. The Kier molecular flexibility index (Phi) is 6.20. The number of aromatic nitrogens is 1. The summed E-state index contributed by atoms with van der Waals surface area (Å²) in [5.41, 5.74) is 15.9. The van der Waals surface area contributed by atoms with Crippen molar-refractivity contribution in [3.05, 3.63) is 175 Å². The molecule has 0 saturated carbocycles. The van der Waals surface area contributed by atoms with E-state index in [1.54, 1.807) is 0 Å². The van der Waals surface area contributed by atoms with E-state index in [0.29, 0.717) is 0 Å². The summed E-state index contributed by atoms with van der Waals surface area (Å²) in [4.78, 5) is 0. The second-order valence-corrected chi connectivity index (χ2v) is 13.1. The molecule has 0 radical (unpaired) electrons. The zero-order chi connectivity index (χ0) is 31.5. The minimum Gasteiger partial charge on any atom is -0.355 e. The van der Waals surface area contributed by atoms with Crippen LogP contribution in [-0.4, -0.2) is 4.57 Å². The molecule has 0 spiro atoms. The van der Waals surface area contributed by atoms with Gasteiger partial charge in [-0.15, -0.1) is 0 Å². The van der Waals surface area contributed by atoms with Crippen LogP contribution in [0.1, 0.15) is 25.0 Å². The van der Waals surface area contributed by atoms with Gasteiger partial charge in [-0.05, 0) is 81.4 Å². The van der Waals surface area contributed by atoms with Gasteiger partial charge in [0, 0.05) is 38.8 Å². The van der Waals surface area contributed by atoms with Gasteiger partial charge in [-0.25, -0.2) is 0 Å². The number of para-hydroxylation sites is 2. The highest BCUT2D eigenvalue weighted by Gasteiger charge is 2.35.